The van der Waals surface area contributed by atoms with Crippen LogP contribution in [0.25, 0.3) is 10.9 Å². The van der Waals surface area contributed by atoms with E-state index in [1.54, 1.807) is 18.4 Å². The predicted molar refractivity (Wildman–Crippen MR) is 141 cm³/mol. The highest BCUT2D eigenvalue weighted by Crippen LogP contribution is 2.28. The minimum atomic E-state index is -0.0948. The maximum Gasteiger partial charge on any atom is 0.252 e. The van der Waals surface area contributed by atoms with E-state index in [0.29, 0.717) is 25.2 Å². The average Bonchev–Trinajstić information content (AvgIpc) is 3.58. The van der Waals surface area contributed by atoms with Crippen LogP contribution in [0.3, 0.4) is 0 Å². The van der Waals surface area contributed by atoms with Crippen molar-refractivity contribution < 1.29 is 4.74 Å². The molecule has 0 aliphatic heterocycles. The smallest absolute Gasteiger partial charge is 0.252 e. The van der Waals surface area contributed by atoms with E-state index in [-0.39, 0.29) is 11.6 Å². The highest BCUT2D eigenvalue weighted by Gasteiger charge is 2.26. The highest BCUT2D eigenvalue weighted by molar-refractivity contribution is 7.09. The minimum absolute atomic E-state index is 0.0776. The van der Waals surface area contributed by atoms with Crippen LogP contribution in [0, 0.1) is 0 Å². The number of tetrazole rings is 1. The van der Waals surface area contributed by atoms with E-state index >= 15 is 0 Å². The maximum atomic E-state index is 13.1. The van der Waals surface area contributed by atoms with E-state index in [1.165, 1.54) is 4.88 Å². The monoisotopic (exact) mass is 500 g/mol. The summed E-state index contributed by atoms with van der Waals surface area (Å²) in [4.78, 5) is 19.6. The van der Waals surface area contributed by atoms with Crippen molar-refractivity contribution in [2.75, 3.05) is 7.11 Å². The van der Waals surface area contributed by atoms with E-state index in [4.69, 9.17) is 4.74 Å². The molecule has 0 spiro atoms. The summed E-state index contributed by atoms with van der Waals surface area (Å²) in [5.74, 6) is 1.54. The molecule has 0 aliphatic rings. The third-order valence-electron chi connectivity index (χ3n) is 6.30. The van der Waals surface area contributed by atoms with Crippen LogP contribution in [-0.2, 0) is 19.6 Å². The Bertz CT molecular complexity index is 1480. The van der Waals surface area contributed by atoms with Crippen molar-refractivity contribution in [2.45, 2.75) is 39.0 Å². The largest absolute Gasteiger partial charge is 0.497 e. The molecule has 0 aliphatic carbocycles. The number of benzene rings is 2. The highest BCUT2D eigenvalue weighted by atomic mass is 32.1. The lowest BCUT2D eigenvalue weighted by Gasteiger charge is -2.30. The Morgan fingerprint density at radius 2 is 1.94 bits per heavy atom. The summed E-state index contributed by atoms with van der Waals surface area (Å²) in [5, 5.41) is 15.7. The summed E-state index contributed by atoms with van der Waals surface area (Å²) in [7, 11) is 1.64. The van der Waals surface area contributed by atoms with E-state index in [2.05, 4.69) is 55.9 Å². The van der Waals surface area contributed by atoms with Crippen LogP contribution in [-0.4, -0.2) is 37.2 Å². The lowest BCUT2D eigenvalue weighted by atomic mass is 10.1. The first-order chi connectivity index (χ1) is 17.6. The van der Waals surface area contributed by atoms with Crippen molar-refractivity contribution >= 4 is 22.2 Å². The van der Waals surface area contributed by atoms with Gasteiger partial charge in [0.25, 0.3) is 5.56 Å². The average molecular weight is 501 g/mol. The number of hydrogen-bond acceptors (Lipinski definition) is 7. The molecule has 0 saturated heterocycles. The first-order valence-electron chi connectivity index (χ1n) is 11.9. The van der Waals surface area contributed by atoms with E-state index in [0.717, 1.165) is 34.5 Å². The molecule has 1 N–H and O–H groups in total. The van der Waals surface area contributed by atoms with Gasteiger partial charge in [-0.3, -0.25) is 9.69 Å². The van der Waals surface area contributed by atoms with Crippen molar-refractivity contribution in [1.29, 1.82) is 0 Å². The summed E-state index contributed by atoms with van der Waals surface area (Å²) in [6.07, 6.45) is 0.792. The molecule has 0 saturated carbocycles. The van der Waals surface area contributed by atoms with Gasteiger partial charge in [-0.15, -0.1) is 16.4 Å². The van der Waals surface area contributed by atoms with Gasteiger partial charge >= 0.3 is 0 Å². The second kappa shape index (κ2) is 10.8. The topological polar surface area (TPSA) is 88.9 Å². The molecule has 5 aromatic rings. The van der Waals surface area contributed by atoms with Crippen molar-refractivity contribution in [3.63, 3.8) is 0 Å². The molecule has 3 aromatic heterocycles. The summed E-state index contributed by atoms with van der Waals surface area (Å²) >= 11 is 1.70. The molecule has 0 fully saturated rings. The molecule has 2 aromatic carbocycles. The molecule has 36 heavy (non-hydrogen) atoms. The van der Waals surface area contributed by atoms with Gasteiger partial charge in [0, 0.05) is 34.4 Å². The van der Waals surface area contributed by atoms with Gasteiger partial charge in [-0.25, -0.2) is 4.68 Å². The fourth-order valence-electron chi connectivity index (χ4n) is 4.50. The molecule has 0 unspecified atom stereocenters. The number of nitrogens with zero attached hydrogens (tertiary/aromatic N) is 5. The second-order valence-corrected chi connectivity index (χ2v) is 9.70. The molecule has 3 heterocycles. The zero-order valence-corrected chi connectivity index (χ0v) is 21.1. The third kappa shape index (κ3) is 5.22. The fourth-order valence-corrected chi connectivity index (χ4v) is 5.22. The molecule has 9 heteroatoms. The molecule has 0 amide bonds. The number of aromatic amines is 1. The van der Waals surface area contributed by atoms with Crippen LogP contribution in [0.15, 0.2) is 76.9 Å². The Hall–Kier alpha value is -3.82. The summed E-state index contributed by atoms with van der Waals surface area (Å²) < 4.78 is 7.25. The van der Waals surface area contributed by atoms with Crippen molar-refractivity contribution in [3.05, 3.63) is 104 Å². The molecule has 8 nitrogen and oxygen atoms in total. The first kappa shape index (κ1) is 23.9. The number of thiophene rings is 1. The number of methoxy groups -OCH3 is 1. The molecule has 0 bridgehead atoms. The van der Waals surface area contributed by atoms with Gasteiger partial charge in [0.05, 0.1) is 19.7 Å². The van der Waals surface area contributed by atoms with Gasteiger partial charge in [-0.1, -0.05) is 43.3 Å². The van der Waals surface area contributed by atoms with Gasteiger partial charge in [-0.2, -0.15) is 0 Å². The Morgan fingerprint density at radius 3 is 2.69 bits per heavy atom. The molecular weight excluding hydrogens is 472 g/mol. The fraction of sp³-hybridized carbons (Fsp3) is 0.259. The van der Waals surface area contributed by atoms with Crippen molar-refractivity contribution in [1.82, 2.24) is 30.1 Å². The third-order valence-corrected chi connectivity index (χ3v) is 7.16. The number of aromatic nitrogens is 5. The lowest BCUT2D eigenvalue weighted by molar-refractivity contribution is 0.163. The first-order valence-corrected chi connectivity index (χ1v) is 12.8. The summed E-state index contributed by atoms with van der Waals surface area (Å²) in [6, 6.07) is 21.9. The van der Waals surface area contributed by atoms with Crippen LogP contribution < -0.4 is 10.3 Å². The van der Waals surface area contributed by atoms with Crippen LogP contribution in [0.4, 0.5) is 0 Å². The zero-order chi connectivity index (χ0) is 24.9. The molecular formula is C27H28N6O2S. The van der Waals surface area contributed by atoms with E-state index in [9.17, 15) is 4.79 Å². The SMILES string of the molecule is CC[C@H](c1nnnn1Cc1ccccc1)N(Cc1cccs1)Cc1cc2cc(OC)ccc2[nH]c1=O. The Kier molecular flexibility index (Phi) is 7.20. The van der Waals surface area contributed by atoms with Crippen LogP contribution >= 0.6 is 11.3 Å². The molecule has 184 valence electrons. The molecule has 0 radical (unpaired) electrons. The van der Waals surface area contributed by atoms with Gasteiger partial charge in [-0.05, 0) is 58.1 Å². The number of H-pyrrole nitrogens is 1. The Morgan fingerprint density at radius 1 is 1.08 bits per heavy atom. The maximum absolute atomic E-state index is 13.1. The summed E-state index contributed by atoms with van der Waals surface area (Å²) in [6.45, 7) is 3.85. The quantitative estimate of drug-likeness (QED) is 0.297. The number of ether oxygens (including phenoxy) is 1. The Balaban J connectivity index is 1.51. The van der Waals surface area contributed by atoms with Crippen molar-refractivity contribution in [2.24, 2.45) is 0 Å². The number of nitrogens with one attached hydrogen (secondary N) is 1. The summed E-state index contributed by atoms with van der Waals surface area (Å²) in [5.41, 5.74) is 2.51. The number of rotatable bonds is 10. The van der Waals surface area contributed by atoms with Crippen molar-refractivity contribution in [3.8, 4) is 5.75 Å². The minimum Gasteiger partial charge on any atom is -0.497 e. The standard InChI is InChI=1S/C27H28N6O2S/c1-3-25(26-29-30-31-33(26)16-19-8-5-4-6-9-19)32(18-23-10-7-13-36-23)17-21-14-20-15-22(35-2)11-12-24(20)28-27(21)34/h4-15,25H,3,16-18H2,1-2H3,(H,28,34)/t25-/m1/s1. The lowest BCUT2D eigenvalue weighted by Crippen LogP contribution is -2.32. The molecule has 1 atom stereocenters. The Labute approximate surface area is 213 Å². The zero-order valence-electron chi connectivity index (χ0n) is 20.3. The van der Waals surface area contributed by atoms with Crippen LogP contribution in [0.2, 0.25) is 0 Å². The van der Waals surface area contributed by atoms with Gasteiger partial charge < -0.3 is 9.72 Å². The molecule has 5 rings (SSSR count). The van der Waals surface area contributed by atoms with Gasteiger partial charge in [0.15, 0.2) is 5.82 Å². The normalized spacial score (nSPS) is 12.3. The second-order valence-electron chi connectivity index (χ2n) is 8.67. The predicted octanol–water partition coefficient (Wildman–Crippen LogP) is 4.79. The number of fused-ring (bicyclic) bond motifs is 1. The number of hydrogen-bond donors (Lipinski definition) is 1. The number of pyridine rings is 1. The van der Waals surface area contributed by atoms with Crippen LogP contribution in [0.1, 0.15) is 41.2 Å². The van der Waals surface area contributed by atoms with Gasteiger partial charge in [0.1, 0.15) is 5.75 Å². The van der Waals surface area contributed by atoms with Crippen LogP contribution in [0.5, 0.6) is 5.75 Å². The van der Waals surface area contributed by atoms with E-state index in [1.807, 2.05) is 53.2 Å². The van der Waals surface area contributed by atoms with E-state index < -0.39 is 0 Å². The van der Waals surface area contributed by atoms with Gasteiger partial charge in [0.2, 0.25) is 0 Å².